The fraction of sp³-hybridized carbons (Fsp3) is 0.235. The molecule has 2 aromatic carbocycles. The molecule has 1 N–H and O–H groups in total. The molecule has 0 aromatic heterocycles. The standard InChI is InChI=1S/C17H16N2O4S/c1-12(14-5-6-16-17(10-14)23-8-7-22-16)19-24(20,21)15-4-2-3-13(9-15)11-18/h2-6,9-10,12,19H,7-8H2,1H3/t12-/m0/s1. The van der Waals surface area contributed by atoms with E-state index in [1.165, 1.54) is 12.1 Å². The third-order valence-corrected chi connectivity index (χ3v) is 5.21. The van der Waals surface area contributed by atoms with Crippen LogP contribution >= 0.6 is 0 Å². The summed E-state index contributed by atoms with van der Waals surface area (Å²) in [5, 5.41) is 8.91. The molecule has 1 aliphatic heterocycles. The lowest BCUT2D eigenvalue weighted by Crippen LogP contribution is -2.27. The molecule has 1 heterocycles. The van der Waals surface area contributed by atoms with Crippen LogP contribution < -0.4 is 14.2 Å². The van der Waals surface area contributed by atoms with Crippen LogP contribution in [0.5, 0.6) is 11.5 Å². The van der Waals surface area contributed by atoms with Gasteiger partial charge >= 0.3 is 0 Å². The first-order chi connectivity index (χ1) is 11.5. The van der Waals surface area contributed by atoms with E-state index in [0.29, 0.717) is 30.3 Å². The summed E-state index contributed by atoms with van der Waals surface area (Å²) in [6, 6.07) is 12.7. The summed E-state index contributed by atoms with van der Waals surface area (Å²) in [6.07, 6.45) is 0. The zero-order valence-corrected chi connectivity index (χ0v) is 13.8. The zero-order valence-electron chi connectivity index (χ0n) is 13.0. The highest BCUT2D eigenvalue weighted by molar-refractivity contribution is 7.89. The fourth-order valence-corrected chi connectivity index (χ4v) is 3.71. The molecule has 0 aliphatic carbocycles. The molecule has 0 spiro atoms. The Bertz CT molecular complexity index is 903. The number of nitriles is 1. The lowest BCUT2D eigenvalue weighted by Gasteiger charge is -2.21. The maximum absolute atomic E-state index is 12.5. The van der Waals surface area contributed by atoms with Crippen molar-refractivity contribution in [3.8, 4) is 17.6 Å². The molecule has 0 bridgehead atoms. The number of ether oxygens (including phenoxy) is 2. The van der Waals surface area contributed by atoms with E-state index < -0.39 is 16.1 Å². The topological polar surface area (TPSA) is 88.4 Å². The van der Waals surface area contributed by atoms with Crippen LogP contribution in [0.2, 0.25) is 0 Å². The summed E-state index contributed by atoms with van der Waals surface area (Å²) in [5.74, 6) is 1.26. The van der Waals surface area contributed by atoms with Crippen LogP contribution in [-0.4, -0.2) is 21.6 Å². The number of hydrogen-bond donors (Lipinski definition) is 1. The van der Waals surface area contributed by atoms with Crippen molar-refractivity contribution in [2.45, 2.75) is 17.9 Å². The molecule has 0 radical (unpaired) electrons. The van der Waals surface area contributed by atoms with Crippen molar-refractivity contribution >= 4 is 10.0 Å². The first-order valence-corrected chi connectivity index (χ1v) is 8.90. The smallest absolute Gasteiger partial charge is 0.241 e. The average molecular weight is 344 g/mol. The highest BCUT2D eigenvalue weighted by Gasteiger charge is 2.20. The summed E-state index contributed by atoms with van der Waals surface area (Å²) >= 11 is 0. The first-order valence-electron chi connectivity index (χ1n) is 7.41. The van der Waals surface area contributed by atoms with Crippen molar-refractivity contribution in [1.29, 1.82) is 5.26 Å². The van der Waals surface area contributed by atoms with Gasteiger partial charge in [-0.3, -0.25) is 0 Å². The number of fused-ring (bicyclic) bond motifs is 1. The van der Waals surface area contributed by atoms with Gasteiger partial charge in [-0.15, -0.1) is 0 Å². The van der Waals surface area contributed by atoms with Gasteiger partial charge in [0.1, 0.15) is 13.2 Å². The minimum absolute atomic E-state index is 0.0611. The average Bonchev–Trinajstić information content (AvgIpc) is 2.61. The molecule has 0 unspecified atom stereocenters. The predicted molar refractivity (Wildman–Crippen MR) is 87.3 cm³/mol. The Morgan fingerprint density at radius 1 is 1.12 bits per heavy atom. The second-order valence-electron chi connectivity index (χ2n) is 5.39. The maximum Gasteiger partial charge on any atom is 0.241 e. The zero-order chi connectivity index (χ0) is 17.2. The van der Waals surface area contributed by atoms with Crippen LogP contribution in [0.4, 0.5) is 0 Å². The Hall–Kier alpha value is -2.56. The van der Waals surface area contributed by atoms with E-state index >= 15 is 0 Å². The Morgan fingerprint density at radius 3 is 2.62 bits per heavy atom. The minimum Gasteiger partial charge on any atom is -0.486 e. The van der Waals surface area contributed by atoms with E-state index in [9.17, 15) is 8.42 Å². The minimum atomic E-state index is -3.73. The van der Waals surface area contributed by atoms with Gasteiger partial charge in [-0.05, 0) is 42.8 Å². The maximum atomic E-state index is 12.5. The molecule has 2 aromatic rings. The van der Waals surface area contributed by atoms with Crippen molar-refractivity contribution in [1.82, 2.24) is 4.72 Å². The molecule has 7 heteroatoms. The van der Waals surface area contributed by atoms with E-state index in [-0.39, 0.29) is 4.90 Å². The van der Waals surface area contributed by atoms with E-state index in [2.05, 4.69) is 4.72 Å². The van der Waals surface area contributed by atoms with Gasteiger partial charge in [0, 0.05) is 6.04 Å². The van der Waals surface area contributed by atoms with Gasteiger partial charge in [0.05, 0.1) is 16.5 Å². The summed E-state index contributed by atoms with van der Waals surface area (Å²) in [5.41, 5.74) is 1.06. The Kier molecular flexibility index (Phi) is 4.42. The normalized spacial score (nSPS) is 14.7. The van der Waals surface area contributed by atoms with E-state index in [0.717, 1.165) is 5.56 Å². The monoisotopic (exact) mass is 344 g/mol. The van der Waals surface area contributed by atoms with Crippen molar-refractivity contribution in [2.75, 3.05) is 13.2 Å². The van der Waals surface area contributed by atoms with Crippen LogP contribution in [0.3, 0.4) is 0 Å². The second kappa shape index (κ2) is 6.51. The number of nitrogens with zero attached hydrogens (tertiary/aromatic N) is 1. The van der Waals surface area contributed by atoms with Gasteiger partial charge < -0.3 is 9.47 Å². The molecule has 0 fully saturated rings. The molecule has 0 amide bonds. The van der Waals surface area contributed by atoms with Crippen LogP contribution in [0.1, 0.15) is 24.1 Å². The Balaban J connectivity index is 1.83. The van der Waals surface area contributed by atoms with Gasteiger partial charge in [0.25, 0.3) is 0 Å². The van der Waals surface area contributed by atoms with E-state index in [4.69, 9.17) is 14.7 Å². The molecule has 1 atom stereocenters. The van der Waals surface area contributed by atoms with E-state index in [1.54, 1.807) is 37.3 Å². The highest BCUT2D eigenvalue weighted by atomic mass is 32.2. The molecular weight excluding hydrogens is 328 g/mol. The number of benzene rings is 2. The van der Waals surface area contributed by atoms with Gasteiger partial charge in [0.15, 0.2) is 11.5 Å². The summed E-state index contributed by atoms with van der Waals surface area (Å²) < 4.78 is 38.6. The van der Waals surface area contributed by atoms with Crippen molar-refractivity contribution in [3.05, 3.63) is 53.6 Å². The summed E-state index contributed by atoms with van der Waals surface area (Å²) in [4.78, 5) is 0.0611. The molecule has 124 valence electrons. The lowest BCUT2D eigenvalue weighted by molar-refractivity contribution is 0.171. The fourth-order valence-electron chi connectivity index (χ4n) is 2.43. The van der Waals surface area contributed by atoms with Gasteiger partial charge in [-0.2, -0.15) is 5.26 Å². The Labute approximate surface area is 140 Å². The van der Waals surface area contributed by atoms with Crippen molar-refractivity contribution in [2.24, 2.45) is 0 Å². The SMILES string of the molecule is C[C@H](NS(=O)(=O)c1cccc(C#N)c1)c1ccc2c(c1)OCCO2. The molecular formula is C17H16N2O4S. The number of rotatable bonds is 4. The number of nitrogens with one attached hydrogen (secondary N) is 1. The number of hydrogen-bond acceptors (Lipinski definition) is 5. The molecule has 0 saturated carbocycles. The Morgan fingerprint density at radius 2 is 1.88 bits per heavy atom. The molecule has 3 rings (SSSR count). The van der Waals surface area contributed by atoms with Crippen LogP contribution in [-0.2, 0) is 10.0 Å². The third kappa shape index (κ3) is 3.35. The van der Waals surface area contributed by atoms with Crippen LogP contribution in [0.15, 0.2) is 47.4 Å². The highest BCUT2D eigenvalue weighted by Crippen LogP contribution is 2.32. The lowest BCUT2D eigenvalue weighted by atomic mass is 10.1. The largest absolute Gasteiger partial charge is 0.486 e. The quantitative estimate of drug-likeness (QED) is 0.920. The first kappa shape index (κ1) is 16.3. The molecule has 0 saturated heterocycles. The van der Waals surface area contributed by atoms with Crippen LogP contribution in [0, 0.1) is 11.3 Å². The third-order valence-electron chi connectivity index (χ3n) is 3.67. The summed E-state index contributed by atoms with van der Waals surface area (Å²) in [6.45, 7) is 2.72. The van der Waals surface area contributed by atoms with Gasteiger partial charge in [0.2, 0.25) is 10.0 Å². The second-order valence-corrected chi connectivity index (χ2v) is 7.10. The van der Waals surface area contributed by atoms with E-state index in [1.807, 2.05) is 6.07 Å². The molecule has 1 aliphatic rings. The van der Waals surface area contributed by atoms with Crippen molar-refractivity contribution < 1.29 is 17.9 Å². The van der Waals surface area contributed by atoms with Crippen LogP contribution in [0.25, 0.3) is 0 Å². The predicted octanol–water partition coefficient (Wildman–Crippen LogP) is 2.37. The number of sulfonamides is 1. The summed E-state index contributed by atoms with van der Waals surface area (Å²) in [7, 11) is -3.73. The molecule has 24 heavy (non-hydrogen) atoms. The van der Waals surface area contributed by atoms with Gasteiger partial charge in [-0.1, -0.05) is 12.1 Å². The van der Waals surface area contributed by atoms with Gasteiger partial charge in [-0.25, -0.2) is 13.1 Å². The molecule has 6 nitrogen and oxygen atoms in total. The van der Waals surface area contributed by atoms with Crippen molar-refractivity contribution in [3.63, 3.8) is 0 Å².